The normalized spacial score (nSPS) is 15.0. The quantitative estimate of drug-likeness (QED) is 0.457. The van der Waals surface area contributed by atoms with E-state index in [9.17, 15) is 23.2 Å². The Morgan fingerprint density at radius 3 is 2.50 bits per heavy atom. The summed E-state index contributed by atoms with van der Waals surface area (Å²) in [6.07, 6.45) is 0.653. The average molecular weight is 502 g/mol. The molecule has 0 radical (unpaired) electrons. The molecule has 3 rings (SSSR count). The molecule has 0 unspecified atom stereocenters. The molecule has 2 amide bonds. The van der Waals surface area contributed by atoms with E-state index in [0.29, 0.717) is 27.6 Å². The van der Waals surface area contributed by atoms with E-state index in [4.69, 9.17) is 11.6 Å². The SMILES string of the molecule is CC1(C)c2c(Br)cc(C(=O)Nc3ccc(OC(F)(F)Cl)cc3)cc2C(=O)N1CC=O. The van der Waals surface area contributed by atoms with Gasteiger partial charge in [0, 0.05) is 38.5 Å². The summed E-state index contributed by atoms with van der Waals surface area (Å²) in [5.74, 6) is -1.02. The van der Waals surface area contributed by atoms with Gasteiger partial charge in [-0.1, -0.05) is 15.9 Å². The molecule has 0 spiro atoms. The molecular weight excluding hydrogens is 486 g/mol. The second-order valence-electron chi connectivity index (χ2n) is 7.05. The topological polar surface area (TPSA) is 75.7 Å². The van der Waals surface area contributed by atoms with Crippen molar-refractivity contribution in [3.8, 4) is 5.75 Å². The largest absolute Gasteiger partial charge is 0.487 e. The Balaban J connectivity index is 1.85. The lowest BCUT2D eigenvalue weighted by atomic mass is 9.92. The summed E-state index contributed by atoms with van der Waals surface area (Å²) in [5, 5.41) is 2.62. The van der Waals surface area contributed by atoms with Crippen molar-refractivity contribution in [1.82, 2.24) is 4.90 Å². The zero-order valence-corrected chi connectivity index (χ0v) is 18.2. The maximum Gasteiger partial charge on any atom is 0.487 e. The van der Waals surface area contributed by atoms with E-state index in [1.54, 1.807) is 6.07 Å². The lowest BCUT2D eigenvalue weighted by Gasteiger charge is -2.31. The van der Waals surface area contributed by atoms with E-state index in [2.05, 4.69) is 26.0 Å². The molecule has 1 N–H and O–H groups in total. The summed E-state index contributed by atoms with van der Waals surface area (Å²) < 4.78 is 30.1. The standard InChI is InChI=1S/C20H16BrClF2N2O4/c1-19(2)16-14(18(29)26(19)7-8-27)9-11(10-15(16)21)17(28)25-12-3-5-13(6-4-12)30-20(22,23)24/h3-6,8-10H,7H2,1-2H3,(H,25,28). The van der Waals surface area contributed by atoms with Crippen LogP contribution in [0.4, 0.5) is 14.5 Å². The number of alkyl halides is 3. The fourth-order valence-electron chi connectivity index (χ4n) is 3.39. The highest BCUT2D eigenvalue weighted by atomic mass is 79.9. The number of nitrogens with one attached hydrogen (secondary N) is 1. The van der Waals surface area contributed by atoms with Gasteiger partial charge in [0.05, 0.1) is 12.1 Å². The summed E-state index contributed by atoms with van der Waals surface area (Å²) >= 11 is 8.14. The number of benzene rings is 2. The van der Waals surface area contributed by atoms with Crippen LogP contribution in [0.5, 0.6) is 5.75 Å². The first-order chi connectivity index (χ1) is 13.9. The summed E-state index contributed by atoms with van der Waals surface area (Å²) in [7, 11) is 0. The Morgan fingerprint density at radius 1 is 1.30 bits per heavy atom. The van der Waals surface area contributed by atoms with Gasteiger partial charge < -0.3 is 19.7 Å². The number of anilines is 1. The highest BCUT2D eigenvalue weighted by Gasteiger charge is 2.44. The molecule has 0 atom stereocenters. The molecule has 0 saturated carbocycles. The van der Waals surface area contributed by atoms with Crippen molar-refractivity contribution in [2.24, 2.45) is 0 Å². The highest BCUT2D eigenvalue weighted by molar-refractivity contribution is 9.10. The van der Waals surface area contributed by atoms with Crippen LogP contribution >= 0.6 is 27.5 Å². The van der Waals surface area contributed by atoms with Crippen LogP contribution in [-0.2, 0) is 10.3 Å². The van der Waals surface area contributed by atoms with Gasteiger partial charge in [0.2, 0.25) is 0 Å². The Labute approximate surface area is 184 Å². The molecule has 0 aliphatic carbocycles. The monoisotopic (exact) mass is 500 g/mol. The number of carbonyl (C=O) groups excluding carboxylic acids is 3. The van der Waals surface area contributed by atoms with Crippen LogP contribution in [0.2, 0.25) is 0 Å². The van der Waals surface area contributed by atoms with Crippen LogP contribution in [-0.4, -0.2) is 35.1 Å². The number of halogens is 4. The molecule has 0 saturated heterocycles. The van der Waals surface area contributed by atoms with Crippen LogP contribution in [0.15, 0.2) is 40.9 Å². The number of nitrogens with zero attached hydrogens (tertiary/aromatic N) is 1. The molecular formula is C20H16BrClF2N2O4. The second kappa shape index (κ2) is 7.96. The molecule has 2 aromatic carbocycles. The lowest BCUT2D eigenvalue weighted by molar-refractivity contribution is -0.109. The fraction of sp³-hybridized carbons (Fsp3) is 0.250. The Morgan fingerprint density at radius 2 is 1.93 bits per heavy atom. The van der Waals surface area contributed by atoms with Crippen molar-refractivity contribution in [1.29, 1.82) is 0 Å². The smallest absolute Gasteiger partial charge is 0.420 e. The number of hydrogen-bond acceptors (Lipinski definition) is 4. The number of fused-ring (bicyclic) bond motifs is 1. The predicted octanol–water partition coefficient (Wildman–Crippen LogP) is 4.76. The number of aldehydes is 1. The number of amides is 2. The number of hydrogen-bond donors (Lipinski definition) is 1. The van der Waals surface area contributed by atoms with Gasteiger partial charge in [-0.25, -0.2) is 0 Å². The van der Waals surface area contributed by atoms with Crippen molar-refractivity contribution in [3.63, 3.8) is 0 Å². The first-order valence-corrected chi connectivity index (χ1v) is 9.88. The van der Waals surface area contributed by atoms with Crippen molar-refractivity contribution >= 4 is 51.3 Å². The van der Waals surface area contributed by atoms with E-state index in [-0.39, 0.29) is 23.8 Å². The highest BCUT2D eigenvalue weighted by Crippen LogP contribution is 2.43. The Hall–Kier alpha value is -2.52. The van der Waals surface area contributed by atoms with Crippen molar-refractivity contribution in [2.45, 2.75) is 25.0 Å². The van der Waals surface area contributed by atoms with Gasteiger partial charge in [-0.15, -0.1) is 8.78 Å². The molecule has 0 aromatic heterocycles. The van der Waals surface area contributed by atoms with Crippen molar-refractivity contribution in [3.05, 3.63) is 57.6 Å². The van der Waals surface area contributed by atoms with Crippen molar-refractivity contribution in [2.75, 3.05) is 11.9 Å². The van der Waals surface area contributed by atoms with Crippen LogP contribution in [0, 0.1) is 0 Å². The van der Waals surface area contributed by atoms with Crippen LogP contribution in [0.3, 0.4) is 0 Å². The molecule has 158 valence electrons. The summed E-state index contributed by atoms with van der Waals surface area (Å²) in [6, 6.07) is 8.26. The minimum atomic E-state index is -3.83. The van der Waals surface area contributed by atoms with Gasteiger partial charge in [-0.3, -0.25) is 9.59 Å². The van der Waals surface area contributed by atoms with E-state index in [1.165, 1.54) is 35.2 Å². The summed E-state index contributed by atoms with van der Waals surface area (Å²) in [6.45, 7) is 3.57. The molecule has 10 heteroatoms. The number of rotatable bonds is 6. The van der Waals surface area contributed by atoms with Gasteiger partial charge >= 0.3 is 5.57 Å². The number of carbonyl (C=O) groups is 3. The van der Waals surface area contributed by atoms with Crippen molar-refractivity contribution < 1.29 is 27.9 Å². The van der Waals surface area contributed by atoms with Crippen LogP contribution < -0.4 is 10.1 Å². The molecule has 30 heavy (non-hydrogen) atoms. The third-order valence-corrected chi connectivity index (χ3v) is 5.42. The lowest BCUT2D eigenvalue weighted by Crippen LogP contribution is -2.40. The van der Waals surface area contributed by atoms with Gasteiger partial charge in [0.15, 0.2) is 0 Å². The average Bonchev–Trinajstić information content (AvgIpc) is 2.83. The molecule has 0 fully saturated rings. The van der Waals surface area contributed by atoms with Crippen LogP contribution in [0.25, 0.3) is 0 Å². The van der Waals surface area contributed by atoms with Gasteiger partial charge in [-0.05, 0) is 50.2 Å². The second-order valence-corrected chi connectivity index (χ2v) is 8.34. The third-order valence-electron chi connectivity index (χ3n) is 4.72. The van der Waals surface area contributed by atoms with Crippen LogP contribution in [0.1, 0.15) is 40.1 Å². The molecule has 2 aromatic rings. The number of ether oxygens (including phenoxy) is 1. The van der Waals surface area contributed by atoms with E-state index in [1.807, 2.05) is 13.8 Å². The summed E-state index contributed by atoms with van der Waals surface area (Å²) in [4.78, 5) is 37.9. The third kappa shape index (κ3) is 4.32. The molecule has 6 nitrogen and oxygen atoms in total. The molecule has 1 aliphatic rings. The first kappa shape index (κ1) is 22.2. The molecule has 1 heterocycles. The minimum absolute atomic E-state index is 0.0652. The predicted molar refractivity (Wildman–Crippen MR) is 110 cm³/mol. The maximum absolute atomic E-state index is 12.8. The maximum atomic E-state index is 12.8. The zero-order valence-electron chi connectivity index (χ0n) is 15.8. The first-order valence-electron chi connectivity index (χ1n) is 8.71. The van der Waals surface area contributed by atoms with Gasteiger partial charge in [0.1, 0.15) is 12.0 Å². The van der Waals surface area contributed by atoms with E-state index < -0.39 is 17.0 Å². The minimum Gasteiger partial charge on any atom is -0.420 e. The Bertz CT molecular complexity index is 1020. The molecule has 1 aliphatic heterocycles. The zero-order chi connectivity index (χ0) is 22.3. The molecule has 0 bridgehead atoms. The van der Waals surface area contributed by atoms with E-state index in [0.717, 1.165) is 0 Å². The van der Waals surface area contributed by atoms with E-state index >= 15 is 0 Å². The Kier molecular flexibility index (Phi) is 5.88. The van der Waals surface area contributed by atoms with Gasteiger partial charge in [0.25, 0.3) is 11.8 Å². The summed E-state index contributed by atoms with van der Waals surface area (Å²) in [5.41, 5.74) is -2.99. The van der Waals surface area contributed by atoms with Gasteiger partial charge in [-0.2, -0.15) is 0 Å². The fourth-order valence-corrected chi connectivity index (χ4v) is 4.43.